The number of amides is 2. The first-order valence-corrected chi connectivity index (χ1v) is 12.0. The molecule has 31 heavy (non-hydrogen) atoms. The van der Waals surface area contributed by atoms with Crippen LogP contribution in [-0.4, -0.2) is 83.0 Å². The van der Waals surface area contributed by atoms with Gasteiger partial charge in [-0.05, 0) is 43.2 Å². The first-order chi connectivity index (χ1) is 15.2. The number of nitrogens with zero attached hydrogens (tertiary/aromatic N) is 4. The normalized spacial score (nSPS) is 30.8. The van der Waals surface area contributed by atoms with E-state index in [9.17, 15) is 9.59 Å². The first kappa shape index (κ1) is 20.9. The fourth-order valence-corrected chi connectivity index (χ4v) is 6.11. The Morgan fingerprint density at radius 3 is 2.32 bits per heavy atom. The van der Waals surface area contributed by atoms with Gasteiger partial charge in [0.2, 0.25) is 11.8 Å². The van der Waals surface area contributed by atoms with Crippen molar-refractivity contribution in [3.05, 3.63) is 30.1 Å². The van der Waals surface area contributed by atoms with Crippen molar-refractivity contribution in [2.24, 2.45) is 11.8 Å². The minimum Gasteiger partial charge on any atom is -0.376 e. The van der Waals surface area contributed by atoms with E-state index in [4.69, 9.17) is 4.74 Å². The number of aromatic nitrogens is 1. The highest BCUT2D eigenvalue weighted by atomic mass is 16.5. The van der Waals surface area contributed by atoms with Crippen molar-refractivity contribution in [1.82, 2.24) is 19.7 Å². The largest absolute Gasteiger partial charge is 0.376 e. The van der Waals surface area contributed by atoms with Crippen LogP contribution >= 0.6 is 0 Å². The van der Waals surface area contributed by atoms with Crippen molar-refractivity contribution >= 4 is 11.8 Å². The predicted octanol–water partition coefficient (Wildman–Crippen LogP) is 1.92. The van der Waals surface area contributed by atoms with Crippen molar-refractivity contribution in [3.63, 3.8) is 0 Å². The summed E-state index contributed by atoms with van der Waals surface area (Å²) in [6.45, 7) is 5.91. The SMILES string of the molecule is O=C(C[C@@H]1CN(Cc2cccnc2)[C@@H]2CO[C@@H](CC(=O)N3CCCC3)[C@H]12)N1CCCC1. The molecule has 0 aromatic carbocycles. The molecule has 0 aliphatic carbocycles. The van der Waals surface area contributed by atoms with Gasteiger partial charge in [-0.25, -0.2) is 0 Å². The molecule has 4 atom stereocenters. The summed E-state index contributed by atoms with van der Waals surface area (Å²) in [5, 5.41) is 0. The van der Waals surface area contributed by atoms with Crippen LogP contribution in [0.2, 0.25) is 0 Å². The fraction of sp³-hybridized carbons (Fsp3) is 0.708. The van der Waals surface area contributed by atoms with Crippen LogP contribution in [0.15, 0.2) is 24.5 Å². The Morgan fingerprint density at radius 1 is 1.00 bits per heavy atom. The van der Waals surface area contributed by atoms with Crippen molar-refractivity contribution in [2.75, 3.05) is 39.3 Å². The summed E-state index contributed by atoms with van der Waals surface area (Å²) in [6.07, 6.45) is 9.11. The number of rotatable bonds is 6. The molecule has 5 heterocycles. The molecule has 0 saturated carbocycles. The third kappa shape index (κ3) is 4.48. The maximum absolute atomic E-state index is 13.0. The molecule has 0 bridgehead atoms. The minimum atomic E-state index is -0.0756. The van der Waals surface area contributed by atoms with Gasteiger partial charge in [0.05, 0.1) is 19.1 Å². The number of hydrogen-bond donors (Lipinski definition) is 0. The molecule has 0 N–H and O–H groups in total. The Balaban J connectivity index is 1.30. The highest BCUT2D eigenvalue weighted by Crippen LogP contribution is 2.42. The van der Waals surface area contributed by atoms with Crippen molar-refractivity contribution in [1.29, 1.82) is 0 Å². The van der Waals surface area contributed by atoms with E-state index in [0.717, 1.165) is 65.0 Å². The van der Waals surface area contributed by atoms with E-state index >= 15 is 0 Å². The molecular weight excluding hydrogens is 392 g/mol. The number of pyridine rings is 1. The molecule has 4 saturated heterocycles. The van der Waals surface area contributed by atoms with E-state index < -0.39 is 0 Å². The lowest BCUT2D eigenvalue weighted by Crippen LogP contribution is -2.37. The van der Waals surface area contributed by atoms with Crippen molar-refractivity contribution in [3.8, 4) is 0 Å². The second kappa shape index (κ2) is 9.25. The first-order valence-electron chi connectivity index (χ1n) is 12.0. The summed E-state index contributed by atoms with van der Waals surface area (Å²) in [6, 6.07) is 4.35. The Labute approximate surface area is 184 Å². The third-order valence-corrected chi connectivity index (χ3v) is 7.68. The van der Waals surface area contributed by atoms with Crippen LogP contribution in [0, 0.1) is 11.8 Å². The topological polar surface area (TPSA) is 66.0 Å². The van der Waals surface area contributed by atoms with E-state index in [2.05, 4.69) is 16.0 Å². The van der Waals surface area contributed by atoms with Crippen LogP contribution in [-0.2, 0) is 20.9 Å². The van der Waals surface area contributed by atoms with Crippen LogP contribution in [0.5, 0.6) is 0 Å². The second-order valence-electron chi connectivity index (χ2n) is 9.65. The molecule has 1 aromatic rings. The van der Waals surface area contributed by atoms with Crippen LogP contribution in [0.3, 0.4) is 0 Å². The van der Waals surface area contributed by atoms with Gasteiger partial charge in [0, 0.05) is 70.0 Å². The number of hydrogen-bond acceptors (Lipinski definition) is 5. The number of carbonyl (C=O) groups is 2. The Hall–Kier alpha value is -1.99. The molecule has 0 radical (unpaired) electrons. The van der Waals surface area contributed by atoms with Crippen LogP contribution < -0.4 is 0 Å². The smallest absolute Gasteiger partial charge is 0.225 e. The average Bonchev–Trinajstić information content (AvgIpc) is 3.57. The van der Waals surface area contributed by atoms with Gasteiger partial charge < -0.3 is 14.5 Å². The van der Waals surface area contributed by atoms with Gasteiger partial charge in [-0.1, -0.05) is 6.07 Å². The number of ether oxygens (including phenoxy) is 1. The van der Waals surface area contributed by atoms with Crippen LogP contribution in [0.25, 0.3) is 0 Å². The van der Waals surface area contributed by atoms with Crippen LogP contribution in [0.4, 0.5) is 0 Å². The summed E-state index contributed by atoms with van der Waals surface area (Å²) in [5.41, 5.74) is 1.18. The lowest BCUT2D eigenvalue weighted by atomic mass is 9.84. The van der Waals surface area contributed by atoms with Gasteiger partial charge in [0.1, 0.15) is 0 Å². The summed E-state index contributed by atoms with van der Waals surface area (Å²) in [7, 11) is 0. The molecule has 0 spiro atoms. The minimum absolute atomic E-state index is 0.0756. The van der Waals surface area contributed by atoms with E-state index in [1.54, 1.807) is 6.20 Å². The molecule has 2 amide bonds. The van der Waals surface area contributed by atoms with Gasteiger partial charge in [-0.15, -0.1) is 0 Å². The molecule has 168 valence electrons. The number of likely N-dealkylation sites (tertiary alicyclic amines) is 3. The van der Waals surface area contributed by atoms with Crippen molar-refractivity contribution < 1.29 is 14.3 Å². The monoisotopic (exact) mass is 426 g/mol. The third-order valence-electron chi connectivity index (χ3n) is 7.68. The van der Waals surface area contributed by atoms with E-state index in [1.807, 2.05) is 22.1 Å². The van der Waals surface area contributed by atoms with Crippen molar-refractivity contribution in [2.45, 2.75) is 57.2 Å². The molecule has 1 aromatic heterocycles. The van der Waals surface area contributed by atoms with E-state index in [1.165, 1.54) is 5.56 Å². The standard InChI is InChI=1S/C24H34N4O3/c29-22(26-8-1-2-9-26)12-19-16-28(15-18-6-5-7-25-14-18)20-17-31-21(24(19)20)13-23(30)27-10-3-4-11-27/h5-7,14,19-21,24H,1-4,8-13,15-17H2/t19-,20-,21+,24-/m1/s1. The van der Waals surface area contributed by atoms with Crippen LogP contribution in [0.1, 0.15) is 44.1 Å². The van der Waals surface area contributed by atoms with E-state index in [-0.39, 0.29) is 35.8 Å². The molecule has 5 rings (SSSR count). The lowest BCUT2D eigenvalue weighted by Gasteiger charge is -2.26. The average molecular weight is 427 g/mol. The molecular formula is C24H34N4O3. The number of carbonyl (C=O) groups excluding carboxylic acids is 2. The van der Waals surface area contributed by atoms with Gasteiger partial charge in [0.25, 0.3) is 0 Å². The van der Waals surface area contributed by atoms with Gasteiger partial charge in [-0.2, -0.15) is 0 Å². The molecule has 4 aliphatic heterocycles. The molecule has 4 aliphatic rings. The molecule has 0 unspecified atom stereocenters. The zero-order valence-corrected chi connectivity index (χ0v) is 18.3. The zero-order chi connectivity index (χ0) is 21.2. The molecule has 7 heteroatoms. The fourth-order valence-electron chi connectivity index (χ4n) is 6.11. The highest BCUT2D eigenvalue weighted by molar-refractivity contribution is 5.78. The summed E-state index contributed by atoms with van der Waals surface area (Å²) >= 11 is 0. The predicted molar refractivity (Wildman–Crippen MR) is 116 cm³/mol. The summed E-state index contributed by atoms with van der Waals surface area (Å²) < 4.78 is 6.23. The zero-order valence-electron chi connectivity index (χ0n) is 18.3. The quantitative estimate of drug-likeness (QED) is 0.695. The summed E-state index contributed by atoms with van der Waals surface area (Å²) in [5.74, 6) is 0.989. The summed E-state index contributed by atoms with van der Waals surface area (Å²) in [4.78, 5) is 36.6. The maximum atomic E-state index is 13.0. The molecule has 7 nitrogen and oxygen atoms in total. The maximum Gasteiger partial charge on any atom is 0.225 e. The lowest BCUT2D eigenvalue weighted by molar-refractivity contribution is -0.133. The van der Waals surface area contributed by atoms with Gasteiger partial charge >= 0.3 is 0 Å². The van der Waals surface area contributed by atoms with Gasteiger partial charge in [0.15, 0.2) is 0 Å². The second-order valence-corrected chi connectivity index (χ2v) is 9.65. The Bertz CT molecular complexity index is 776. The Kier molecular flexibility index (Phi) is 6.23. The number of fused-ring (bicyclic) bond motifs is 1. The highest BCUT2D eigenvalue weighted by Gasteiger charge is 2.51. The van der Waals surface area contributed by atoms with Gasteiger partial charge in [-0.3, -0.25) is 19.5 Å². The molecule has 4 fully saturated rings. The van der Waals surface area contributed by atoms with E-state index in [0.29, 0.717) is 19.4 Å². The Morgan fingerprint density at radius 2 is 1.68 bits per heavy atom.